The van der Waals surface area contributed by atoms with Gasteiger partial charge in [0, 0.05) is 36.5 Å². The number of pyridine rings is 1. The molecule has 152 valence electrons. The van der Waals surface area contributed by atoms with E-state index in [-0.39, 0.29) is 17.7 Å². The van der Waals surface area contributed by atoms with Gasteiger partial charge >= 0.3 is 0 Å². The fourth-order valence-corrected chi connectivity index (χ4v) is 5.09. The van der Waals surface area contributed by atoms with Gasteiger partial charge in [0.05, 0.1) is 17.8 Å². The van der Waals surface area contributed by atoms with Gasteiger partial charge in [-0.1, -0.05) is 11.8 Å². The Morgan fingerprint density at radius 2 is 2.17 bits per heavy atom. The lowest BCUT2D eigenvalue weighted by Crippen LogP contribution is -2.37. The molecule has 2 aliphatic rings. The molecular weight excluding hydrogens is 398 g/mol. The number of nitrogens with one attached hydrogen (secondary N) is 1. The molecule has 1 amide bonds. The lowest BCUT2D eigenvalue weighted by Gasteiger charge is -2.36. The van der Waals surface area contributed by atoms with Crippen molar-refractivity contribution in [2.24, 2.45) is 16.6 Å². The lowest BCUT2D eigenvalue weighted by atomic mass is 9.81. The summed E-state index contributed by atoms with van der Waals surface area (Å²) in [6.07, 6.45) is 2.20. The lowest BCUT2D eigenvalue weighted by molar-refractivity contribution is 0.101. The van der Waals surface area contributed by atoms with Gasteiger partial charge < -0.3 is 15.8 Å². The van der Waals surface area contributed by atoms with Crippen LogP contribution in [0.5, 0.6) is 0 Å². The van der Waals surface area contributed by atoms with Crippen LogP contribution in [0.1, 0.15) is 28.9 Å². The van der Waals surface area contributed by atoms with E-state index in [1.165, 1.54) is 30.0 Å². The Balaban J connectivity index is 1.68. The Labute approximate surface area is 170 Å². The summed E-state index contributed by atoms with van der Waals surface area (Å²) in [5.74, 6) is -0.655. The largest absolute Gasteiger partial charge is 0.381 e. The zero-order valence-corrected chi connectivity index (χ0v) is 16.5. The highest BCUT2D eigenvalue weighted by Crippen LogP contribution is 2.52. The van der Waals surface area contributed by atoms with E-state index in [1.54, 1.807) is 13.2 Å². The molecule has 0 saturated heterocycles. The second-order valence-corrected chi connectivity index (χ2v) is 8.23. The molecular formula is C20H20F2N4O2S. The van der Waals surface area contributed by atoms with Crippen LogP contribution < -0.4 is 11.1 Å². The third-order valence-electron chi connectivity index (χ3n) is 5.49. The second kappa shape index (κ2) is 7.72. The summed E-state index contributed by atoms with van der Waals surface area (Å²) < 4.78 is 33.5. The number of hydrogen-bond acceptors (Lipinski definition) is 6. The van der Waals surface area contributed by atoms with Crippen LogP contribution in [0.2, 0.25) is 0 Å². The topological polar surface area (TPSA) is 89.6 Å². The number of aromatic nitrogens is 1. The zero-order valence-electron chi connectivity index (χ0n) is 15.7. The number of amidine groups is 1. The van der Waals surface area contributed by atoms with E-state index < -0.39 is 23.1 Å². The number of methoxy groups -OCH3 is 1. The number of thioether (sulfide) groups is 1. The molecule has 0 spiro atoms. The number of carbonyl (C=O) groups is 1. The standard InChI is InChI=1S/C20H20F2N4O2S/c1-28-14-6-11-10-29-19(23)26-20(11,8-14)15-7-13(3-4-16(15)22)25-18(27)17-5-2-12(21)9-24-17/h2-5,7,9,11,14H,6,8,10H2,1H3,(H2,23,26)(H,25,27). The highest BCUT2D eigenvalue weighted by molar-refractivity contribution is 8.13. The number of ether oxygens (including phenoxy) is 1. The molecule has 1 aliphatic carbocycles. The van der Waals surface area contributed by atoms with Crippen LogP contribution in [0.4, 0.5) is 14.5 Å². The summed E-state index contributed by atoms with van der Waals surface area (Å²) in [4.78, 5) is 20.8. The SMILES string of the molecule is COC1CC2CSC(N)=NC2(c2cc(NC(=O)c3ccc(F)cn3)ccc2F)C1. The Morgan fingerprint density at radius 1 is 1.34 bits per heavy atom. The number of rotatable bonds is 4. The summed E-state index contributed by atoms with van der Waals surface area (Å²) in [5, 5.41) is 3.11. The zero-order chi connectivity index (χ0) is 20.6. The van der Waals surface area contributed by atoms with Crippen molar-refractivity contribution in [2.75, 3.05) is 18.2 Å². The van der Waals surface area contributed by atoms with E-state index in [0.29, 0.717) is 22.8 Å². The first-order chi connectivity index (χ1) is 13.9. The molecule has 3 unspecified atom stereocenters. The highest BCUT2D eigenvalue weighted by atomic mass is 32.2. The number of fused-ring (bicyclic) bond motifs is 1. The van der Waals surface area contributed by atoms with Crippen LogP contribution in [0, 0.1) is 17.6 Å². The summed E-state index contributed by atoms with van der Waals surface area (Å²) in [6.45, 7) is 0. The summed E-state index contributed by atoms with van der Waals surface area (Å²) in [7, 11) is 1.64. The smallest absolute Gasteiger partial charge is 0.274 e. The van der Waals surface area contributed by atoms with Crippen LogP contribution in [0.25, 0.3) is 0 Å². The molecule has 1 saturated carbocycles. The van der Waals surface area contributed by atoms with Gasteiger partial charge in [-0.05, 0) is 36.8 Å². The maximum Gasteiger partial charge on any atom is 0.274 e. The van der Waals surface area contributed by atoms with Gasteiger partial charge in [-0.2, -0.15) is 0 Å². The number of amides is 1. The molecule has 1 aliphatic heterocycles. The third kappa shape index (κ3) is 3.72. The number of hydrogen-bond donors (Lipinski definition) is 2. The Morgan fingerprint density at radius 3 is 2.90 bits per heavy atom. The van der Waals surface area contributed by atoms with Crippen molar-refractivity contribution in [1.29, 1.82) is 0 Å². The van der Waals surface area contributed by atoms with Crippen LogP contribution in [0.15, 0.2) is 41.5 Å². The third-order valence-corrected chi connectivity index (χ3v) is 6.44. The van der Waals surface area contributed by atoms with Crippen molar-refractivity contribution in [3.63, 3.8) is 0 Å². The number of carbonyl (C=O) groups excluding carboxylic acids is 1. The first kappa shape index (κ1) is 19.8. The maximum atomic E-state index is 14.9. The molecule has 1 aromatic carbocycles. The second-order valence-electron chi connectivity index (χ2n) is 7.19. The number of aliphatic imine (C=N–C) groups is 1. The van der Waals surface area contributed by atoms with Crippen molar-refractivity contribution in [3.05, 3.63) is 59.4 Å². The molecule has 1 aromatic heterocycles. The van der Waals surface area contributed by atoms with Crippen LogP contribution in [-0.2, 0) is 10.3 Å². The van der Waals surface area contributed by atoms with Gasteiger partial charge in [0.1, 0.15) is 17.3 Å². The number of anilines is 1. The predicted molar refractivity (Wildman–Crippen MR) is 108 cm³/mol. The quantitative estimate of drug-likeness (QED) is 0.795. The van der Waals surface area contributed by atoms with E-state index in [0.717, 1.165) is 24.4 Å². The van der Waals surface area contributed by atoms with E-state index in [2.05, 4.69) is 15.3 Å². The Kier molecular flexibility index (Phi) is 5.26. The van der Waals surface area contributed by atoms with Crippen LogP contribution in [-0.4, -0.2) is 35.0 Å². The van der Waals surface area contributed by atoms with E-state index in [1.807, 2.05) is 0 Å². The molecule has 4 rings (SSSR count). The number of nitrogens with zero attached hydrogens (tertiary/aromatic N) is 2. The summed E-state index contributed by atoms with van der Waals surface area (Å²) in [5.41, 5.74) is 6.02. The molecule has 1 fully saturated rings. The van der Waals surface area contributed by atoms with Gasteiger partial charge in [-0.15, -0.1) is 0 Å². The molecule has 3 N–H and O–H groups in total. The fourth-order valence-electron chi connectivity index (χ4n) is 4.08. The van der Waals surface area contributed by atoms with Crippen molar-refractivity contribution < 1.29 is 18.3 Å². The maximum absolute atomic E-state index is 14.9. The molecule has 6 nitrogen and oxygen atoms in total. The van der Waals surface area contributed by atoms with Crippen molar-refractivity contribution in [2.45, 2.75) is 24.5 Å². The molecule has 9 heteroatoms. The van der Waals surface area contributed by atoms with Gasteiger partial charge in [0.25, 0.3) is 5.91 Å². The molecule has 2 heterocycles. The molecule has 0 radical (unpaired) electrons. The number of nitrogens with two attached hydrogens (primary N) is 1. The van der Waals surface area contributed by atoms with E-state index in [9.17, 15) is 13.6 Å². The molecule has 3 atom stereocenters. The van der Waals surface area contributed by atoms with Gasteiger partial charge in [-0.25, -0.2) is 13.8 Å². The highest BCUT2D eigenvalue weighted by Gasteiger charge is 2.52. The summed E-state index contributed by atoms with van der Waals surface area (Å²) in [6, 6.07) is 6.81. The van der Waals surface area contributed by atoms with Gasteiger partial charge in [0.2, 0.25) is 0 Å². The molecule has 2 aromatic rings. The average Bonchev–Trinajstić information content (AvgIpc) is 3.08. The predicted octanol–water partition coefficient (Wildman–Crippen LogP) is 3.29. The average molecular weight is 418 g/mol. The van der Waals surface area contributed by atoms with E-state index in [4.69, 9.17) is 10.5 Å². The minimum absolute atomic E-state index is 0.0451. The van der Waals surface area contributed by atoms with Gasteiger partial charge in [0.15, 0.2) is 5.17 Å². The van der Waals surface area contributed by atoms with Crippen LogP contribution >= 0.6 is 11.8 Å². The molecule has 0 bridgehead atoms. The minimum atomic E-state index is -0.824. The van der Waals surface area contributed by atoms with Crippen LogP contribution in [0.3, 0.4) is 0 Å². The number of benzene rings is 1. The first-order valence-corrected chi connectivity index (χ1v) is 10.1. The molecule has 29 heavy (non-hydrogen) atoms. The van der Waals surface area contributed by atoms with Crippen molar-refractivity contribution in [1.82, 2.24) is 4.98 Å². The Hall–Kier alpha value is -2.52. The van der Waals surface area contributed by atoms with E-state index >= 15 is 0 Å². The monoisotopic (exact) mass is 418 g/mol. The Bertz CT molecular complexity index is 969. The normalized spacial score (nSPS) is 26.0. The number of halogens is 2. The van der Waals surface area contributed by atoms with Gasteiger partial charge in [-0.3, -0.25) is 9.79 Å². The first-order valence-electron chi connectivity index (χ1n) is 9.15. The van der Waals surface area contributed by atoms with Crippen molar-refractivity contribution >= 4 is 28.5 Å². The fraction of sp³-hybridized carbons (Fsp3) is 0.350. The minimum Gasteiger partial charge on any atom is -0.381 e. The van der Waals surface area contributed by atoms with Crippen molar-refractivity contribution in [3.8, 4) is 0 Å². The summed E-state index contributed by atoms with van der Waals surface area (Å²) >= 11 is 1.46.